The first-order valence-corrected chi connectivity index (χ1v) is 8.74. The molecule has 0 bridgehead atoms. The molecule has 1 aliphatic carbocycles. The van der Waals surface area contributed by atoms with Gasteiger partial charge in [0.05, 0.1) is 28.2 Å². The number of hydrogen-bond donors (Lipinski definition) is 0. The van der Waals surface area contributed by atoms with Gasteiger partial charge in [-0.25, -0.2) is 9.67 Å². The zero-order valence-corrected chi connectivity index (χ0v) is 15.0. The van der Waals surface area contributed by atoms with Crippen LogP contribution in [0.3, 0.4) is 0 Å². The molecule has 6 heteroatoms. The van der Waals surface area contributed by atoms with Crippen molar-refractivity contribution in [3.63, 3.8) is 0 Å². The zero-order valence-electron chi connectivity index (χ0n) is 13.5. The number of carbonyl (C=O) groups excluding carboxylic acids is 1. The molecule has 2 aliphatic rings. The molecule has 1 aromatic carbocycles. The third-order valence-electron chi connectivity index (χ3n) is 5.09. The van der Waals surface area contributed by atoms with Crippen molar-refractivity contribution >= 4 is 40.5 Å². The molecule has 4 rings (SSSR count). The Morgan fingerprint density at radius 2 is 2.00 bits per heavy atom. The molecule has 124 valence electrons. The van der Waals surface area contributed by atoms with Crippen LogP contribution in [-0.2, 0) is 4.79 Å². The minimum atomic E-state index is -0.358. The van der Waals surface area contributed by atoms with E-state index in [1.807, 2.05) is 36.7 Å². The fourth-order valence-corrected chi connectivity index (χ4v) is 3.98. The second-order valence-electron chi connectivity index (χ2n) is 7.08. The van der Waals surface area contributed by atoms with Gasteiger partial charge in [0, 0.05) is 17.2 Å². The lowest BCUT2D eigenvalue weighted by Crippen LogP contribution is -2.46. The van der Waals surface area contributed by atoms with Crippen LogP contribution in [0, 0.1) is 11.3 Å². The van der Waals surface area contributed by atoms with Gasteiger partial charge in [-0.2, -0.15) is 5.10 Å². The first-order valence-electron chi connectivity index (χ1n) is 7.99. The van der Waals surface area contributed by atoms with Gasteiger partial charge in [0.25, 0.3) is 0 Å². The van der Waals surface area contributed by atoms with Gasteiger partial charge in [-0.15, -0.1) is 0 Å². The van der Waals surface area contributed by atoms with Gasteiger partial charge in [-0.05, 0) is 30.5 Å². The van der Waals surface area contributed by atoms with E-state index < -0.39 is 0 Å². The number of fused-ring (bicyclic) bond motifs is 2. The minimum absolute atomic E-state index is 0.213. The standard InChI is InChI=1S/C18H17Cl2N3O/c1-18(2)7-5-13-15(17(18)24)16(23-14(22-13)6-8-21-23)10-3-4-11(19)12(20)9-10/h3-4,6,8-9,15-16H,5,7H2,1-2H3. The van der Waals surface area contributed by atoms with Crippen LogP contribution in [0.15, 0.2) is 35.5 Å². The van der Waals surface area contributed by atoms with Crippen LogP contribution in [0.2, 0.25) is 10.0 Å². The van der Waals surface area contributed by atoms with Crippen molar-refractivity contribution in [3.05, 3.63) is 46.1 Å². The topological polar surface area (TPSA) is 47.2 Å². The van der Waals surface area contributed by atoms with Gasteiger partial charge in [0.2, 0.25) is 0 Å². The second-order valence-corrected chi connectivity index (χ2v) is 7.90. The molecule has 1 aromatic heterocycles. The van der Waals surface area contributed by atoms with Crippen molar-refractivity contribution in [2.45, 2.75) is 32.7 Å². The van der Waals surface area contributed by atoms with Crippen molar-refractivity contribution in [1.82, 2.24) is 9.78 Å². The molecule has 1 fully saturated rings. The highest BCUT2D eigenvalue weighted by atomic mass is 35.5. The van der Waals surface area contributed by atoms with Crippen molar-refractivity contribution in [2.24, 2.45) is 16.3 Å². The average molecular weight is 362 g/mol. The Morgan fingerprint density at radius 3 is 2.75 bits per heavy atom. The largest absolute Gasteiger partial charge is 0.298 e. The molecular weight excluding hydrogens is 345 g/mol. The molecule has 1 saturated carbocycles. The maximum absolute atomic E-state index is 13.2. The van der Waals surface area contributed by atoms with E-state index in [4.69, 9.17) is 28.2 Å². The second kappa shape index (κ2) is 5.43. The number of nitrogens with zero attached hydrogens (tertiary/aromatic N) is 3. The number of hydrogen-bond acceptors (Lipinski definition) is 3. The lowest BCUT2D eigenvalue weighted by Gasteiger charge is -2.41. The van der Waals surface area contributed by atoms with Gasteiger partial charge in [-0.3, -0.25) is 4.79 Å². The Kier molecular flexibility index (Phi) is 3.59. The van der Waals surface area contributed by atoms with Crippen molar-refractivity contribution in [1.29, 1.82) is 0 Å². The number of benzene rings is 1. The Labute approximate surface area is 150 Å². The average Bonchev–Trinajstić information content (AvgIpc) is 3.00. The van der Waals surface area contributed by atoms with E-state index >= 15 is 0 Å². The molecule has 2 atom stereocenters. The number of halogens is 2. The number of aromatic nitrogens is 2. The van der Waals surface area contributed by atoms with E-state index in [1.165, 1.54) is 0 Å². The summed E-state index contributed by atoms with van der Waals surface area (Å²) in [5, 5.41) is 5.40. The summed E-state index contributed by atoms with van der Waals surface area (Å²) in [5.41, 5.74) is 1.52. The number of carbonyl (C=O) groups is 1. The van der Waals surface area contributed by atoms with Crippen molar-refractivity contribution in [2.75, 3.05) is 0 Å². The van der Waals surface area contributed by atoms with E-state index in [0.717, 1.165) is 29.9 Å². The van der Waals surface area contributed by atoms with Gasteiger partial charge < -0.3 is 0 Å². The molecule has 0 amide bonds. The zero-order chi connectivity index (χ0) is 17.1. The maximum atomic E-state index is 13.2. The summed E-state index contributed by atoms with van der Waals surface area (Å²) < 4.78 is 1.83. The molecule has 2 unspecified atom stereocenters. The number of rotatable bonds is 1. The van der Waals surface area contributed by atoms with Crippen LogP contribution in [0.1, 0.15) is 38.3 Å². The summed E-state index contributed by atoms with van der Waals surface area (Å²) in [6.45, 7) is 4.02. The van der Waals surface area contributed by atoms with Crippen LogP contribution < -0.4 is 0 Å². The molecule has 0 N–H and O–H groups in total. The summed E-state index contributed by atoms with van der Waals surface area (Å²) in [6, 6.07) is 7.16. The molecule has 0 saturated heterocycles. The van der Waals surface area contributed by atoms with E-state index in [0.29, 0.717) is 10.0 Å². The summed E-state index contributed by atoms with van der Waals surface area (Å²) >= 11 is 12.3. The number of aliphatic imine (C=N–C) groups is 1. The highest BCUT2D eigenvalue weighted by Crippen LogP contribution is 2.45. The first kappa shape index (κ1) is 15.9. The number of Topliss-reactive ketones (excluding diaryl/α,β-unsaturated/α-hetero) is 1. The molecule has 0 spiro atoms. The quantitative estimate of drug-likeness (QED) is 0.727. The minimum Gasteiger partial charge on any atom is -0.298 e. The smallest absolute Gasteiger partial charge is 0.150 e. The van der Waals surface area contributed by atoms with Crippen LogP contribution in [0.4, 0.5) is 5.82 Å². The van der Waals surface area contributed by atoms with Crippen LogP contribution in [0.5, 0.6) is 0 Å². The fourth-order valence-electron chi connectivity index (χ4n) is 3.67. The summed E-state index contributed by atoms with van der Waals surface area (Å²) in [5.74, 6) is 0.688. The van der Waals surface area contributed by atoms with Gasteiger partial charge >= 0.3 is 0 Å². The van der Waals surface area contributed by atoms with Crippen LogP contribution in [0.25, 0.3) is 0 Å². The Balaban J connectivity index is 1.90. The van der Waals surface area contributed by atoms with Crippen molar-refractivity contribution in [3.8, 4) is 0 Å². The third kappa shape index (κ3) is 2.32. The Morgan fingerprint density at radius 1 is 1.21 bits per heavy atom. The molecule has 4 nitrogen and oxygen atoms in total. The molecule has 0 radical (unpaired) electrons. The molecule has 2 aromatic rings. The molecule has 24 heavy (non-hydrogen) atoms. The Hall–Kier alpha value is -1.65. The predicted octanol–water partition coefficient (Wildman–Crippen LogP) is 4.87. The highest BCUT2D eigenvalue weighted by Gasteiger charge is 2.48. The lowest BCUT2D eigenvalue weighted by molar-refractivity contribution is -0.131. The van der Waals surface area contributed by atoms with Crippen LogP contribution >= 0.6 is 23.2 Å². The molecular formula is C18H17Cl2N3O. The van der Waals surface area contributed by atoms with Gasteiger partial charge in [-0.1, -0.05) is 43.1 Å². The molecule has 2 heterocycles. The molecule has 1 aliphatic heterocycles. The normalized spacial score (nSPS) is 25.0. The van der Waals surface area contributed by atoms with E-state index in [2.05, 4.69) is 5.10 Å². The summed E-state index contributed by atoms with van der Waals surface area (Å²) in [4.78, 5) is 17.9. The van der Waals surface area contributed by atoms with E-state index in [1.54, 1.807) is 12.3 Å². The van der Waals surface area contributed by atoms with Gasteiger partial charge in [0.15, 0.2) is 5.82 Å². The monoisotopic (exact) mass is 361 g/mol. The highest BCUT2D eigenvalue weighted by molar-refractivity contribution is 6.42. The summed E-state index contributed by atoms with van der Waals surface area (Å²) in [7, 11) is 0. The SMILES string of the molecule is CC1(C)CCC2=Nc3ccnn3C(c3ccc(Cl)c(Cl)c3)C2C1=O. The maximum Gasteiger partial charge on any atom is 0.150 e. The Bertz CT molecular complexity index is 869. The summed E-state index contributed by atoms with van der Waals surface area (Å²) in [6.07, 6.45) is 3.37. The fraction of sp³-hybridized carbons (Fsp3) is 0.389. The van der Waals surface area contributed by atoms with E-state index in [-0.39, 0.29) is 23.2 Å². The number of ketones is 1. The van der Waals surface area contributed by atoms with Crippen LogP contribution in [-0.4, -0.2) is 21.3 Å². The first-order chi connectivity index (χ1) is 11.4. The lowest BCUT2D eigenvalue weighted by atomic mass is 9.66. The predicted molar refractivity (Wildman–Crippen MR) is 95.4 cm³/mol. The van der Waals surface area contributed by atoms with Gasteiger partial charge in [0.1, 0.15) is 5.78 Å². The van der Waals surface area contributed by atoms with Crippen molar-refractivity contribution < 1.29 is 4.79 Å². The van der Waals surface area contributed by atoms with E-state index in [9.17, 15) is 4.79 Å². The third-order valence-corrected chi connectivity index (χ3v) is 5.83.